The second kappa shape index (κ2) is 5.49. The first-order valence-corrected chi connectivity index (χ1v) is 5.99. The monoisotopic (exact) mass is 243 g/mol. The van der Waals surface area contributed by atoms with Crippen LogP contribution in [0.15, 0.2) is 30.3 Å². The maximum absolute atomic E-state index is 5.74. The number of nitrogens with zero attached hydrogens (tertiary/aromatic N) is 2. The molecule has 0 radical (unpaired) electrons. The van der Waals surface area contributed by atoms with Gasteiger partial charge in [-0.1, -0.05) is 25.1 Å². The van der Waals surface area contributed by atoms with E-state index >= 15 is 0 Å². The molecule has 94 valence electrons. The van der Waals surface area contributed by atoms with E-state index in [0.717, 1.165) is 17.9 Å². The molecule has 0 fully saturated rings. The van der Waals surface area contributed by atoms with E-state index in [4.69, 9.17) is 10.5 Å². The Morgan fingerprint density at radius 2 is 2.00 bits per heavy atom. The molecule has 4 nitrogen and oxygen atoms in total. The fourth-order valence-electron chi connectivity index (χ4n) is 1.80. The highest BCUT2D eigenvalue weighted by atomic mass is 16.5. The molecule has 0 atom stereocenters. The fourth-order valence-corrected chi connectivity index (χ4v) is 1.80. The van der Waals surface area contributed by atoms with Gasteiger partial charge in [-0.15, -0.1) is 0 Å². The van der Waals surface area contributed by atoms with E-state index < -0.39 is 0 Å². The van der Waals surface area contributed by atoms with Crippen molar-refractivity contribution in [3.8, 4) is 5.75 Å². The molecular weight excluding hydrogens is 226 g/mol. The third kappa shape index (κ3) is 2.97. The number of rotatable bonds is 4. The summed E-state index contributed by atoms with van der Waals surface area (Å²) < 4.78 is 5.74. The van der Waals surface area contributed by atoms with E-state index in [1.54, 1.807) is 6.07 Å². The third-order valence-corrected chi connectivity index (χ3v) is 2.63. The summed E-state index contributed by atoms with van der Waals surface area (Å²) in [5.74, 6) is 1.96. The van der Waals surface area contributed by atoms with E-state index in [0.29, 0.717) is 18.2 Å². The van der Waals surface area contributed by atoms with Gasteiger partial charge < -0.3 is 10.5 Å². The van der Waals surface area contributed by atoms with Crippen molar-refractivity contribution in [1.29, 1.82) is 0 Å². The molecule has 0 amide bonds. The highest BCUT2D eigenvalue weighted by Gasteiger charge is 2.04. The number of para-hydroxylation sites is 1. The van der Waals surface area contributed by atoms with Crippen LogP contribution in [0, 0.1) is 6.92 Å². The smallest absolute Gasteiger partial charge is 0.168 e. The SMILES string of the molecule is CCc1ccccc1OCc1nc(C)cc(N)n1. The molecule has 18 heavy (non-hydrogen) atoms. The summed E-state index contributed by atoms with van der Waals surface area (Å²) in [6.45, 7) is 4.33. The van der Waals surface area contributed by atoms with Gasteiger partial charge in [0.15, 0.2) is 5.82 Å². The van der Waals surface area contributed by atoms with Crippen molar-refractivity contribution in [3.05, 3.63) is 47.4 Å². The first kappa shape index (κ1) is 12.4. The van der Waals surface area contributed by atoms with Gasteiger partial charge in [0.05, 0.1) is 0 Å². The van der Waals surface area contributed by atoms with E-state index in [1.807, 2.05) is 25.1 Å². The van der Waals surface area contributed by atoms with Gasteiger partial charge in [-0.25, -0.2) is 9.97 Å². The zero-order valence-electron chi connectivity index (χ0n) is 10.7. The van der Waals surface area contributed by atoms with Crippen LogP contribution in [0.1, 0.15) is 24.0 Å². The number of benzene rings is 1. The number of anilines is 1. The lowest BCUT2D eigenvalue weighted by Crippen LogP contribution is -2.06. The molecule has 4 heteroatoms. The Morgan fingerprint density at radius 3 is 2.72 bits per heavy atom. The van der Waals surface area contributed by atoms with Crippen LogP contribution in [0.2, 0.25) is 0 Å². The Balaban J connectivity index is 2.11. The minimum Gasteiger partial charge on any atom is -0.485 e. The highest BCUT2D eigenvalue weighted by Crippen LogP contribution is 2.19. The van der Waals surface area contributed by atoms with Crippen molar-refractivity contribution in [2.24, 2.45) is 0 Å². The largest absolute Gasteiger partial charge is 0.485 e. The normalized spacial score (nSPS) is 10.3. The Labute approximate surface area is 107 Å². The summed E-state index contributed by atoms with van der Waals surface area (Å²) in [6.07, 6.45) is 0.937. The summed E-state index contributed by atoms with van der Waals surface area (Å²) in [4.78, 5) is 8.43. The molecule has 0 aliphatic carbocycles. The van der Waals surface area contributed by atoms with Crippen LogP contribution in [-0.4, -0.2) is 9.97 Å². The average molecular weight is 243 g/mol. The zero-order valence-corrected chi connectivity index (χ0v) is 10.7. The number of nitrogens with two attached hydrogens (primary N) is 1. The molecule has 0 spiro atoms. The fraction of sp³-hybridized carbons (Fsp3) is 0.286. The number of aryl methyl sites for hydroxylation is 2. The van der Waals surface area contributed by atoms with Crippen molar-refractivity contribution in [2.75, 3.05) is 5.73 Å². The van der Waals surface area contributed by atoms with Crippen LogP contribution in [0.3, 0.4) is 0 Å². The van der Waals surface area contributed by atoms with Crippen LogP contribution in [0.5, 0.6) is 5.75 Å². The summed E-state index contributed by atoms with van der Waals surface area (Å²) in [7, 11) is 0. The lowest BCUT2D eigenvalue weighted by atomic mass is 10.1. The topological polar surface area (TPSA) is 61.0 Å². The summed E-state index contributed by atoms with van der Waals surface area (Å²) in [5, 5.41) is 0. The predicted molar refractivity (Wildman–Crippen MR) is 71.3 cm³/mol. The van der Waals surface area contributed by atoms with Crippen molar-refractivity contribution in [3.63, 3.8) is 0 Å². The van der Waals surface area contributed by atoms with Crippen LogP contribution >= 0.6 is 0 Å². The number of hydrogen-bond acceptors (Lipinski definition) is 4. The lowest BCUT2D eigenvalue weighted by molar-refractivity contribution is 0.293. The summed E-state index contributed by atoms with van der Waals surface area (Å²) in [6, 6.07) is 9.72. The Bertz CT molecular complexity index is 520. The van der Waals surface area contributed by atoms with Crippen molar-refractivity contribution in [1.82, 2.24) is 9.97 Å². The molecule has 2 rings (SSSR count). The predicted octanol–water partition coefficient (Wildman–Crippen LogP) is 2.51. The van der Waals surface area contributed by atoms with E-state index in [1.165, 1.54) is 5.56 Å². The van der Waals surface area contributed by atoms with Gasteiger partial charge in [0, 0.05) is 11.8 Å². The van der Waals surface area contributed by atoms with Crippen LogP contribution in [0.4, 0.5) is 5.82 Å². The Hall–Kier alpha value is -2.10. The third-order valence-electron chi connectivity index (χ3n) is 2.63. The van der Waals surface area contributed by atoms with Gasteiger partial charge >= 0.3 is 0 Å². The molecule has 0 unspecified atom stereocenters. The lowest BCUT2D eigenvalue weighted by Gasteiger charge is -2.09. The number of aromatic nitrogens is 2. The second-order valence-electron chi connectivity index (χ2n) is 4.10. The summed E-state index contributed by atoms with van der Waals surface area (Å²) in [5.41, 5.74) is 7.71. The molecule has 1 aromatic carbocycles. The molecule has 2 N–H and O–H groups in total. The van der Waals surface area contributed by atoms with Gasteiger partial charge in [-0.2, -0.15) is 0 Å². The molecule has 0 aliphatic rings. The molecule has 1 aromatic heterocycles. The van der Waals surface area contributed by atoms with Gasteiger partial charge in [0.25, 0.3) is 0 Å². The van der Waals surface area contributed by atoms with Crippen molar-refractivity contribution < 1.29 is 4.74 Å². The first-order valence-electron chi connectivity index (χ1n) is 5.99. The molecule has 0 saturated heterocycles. The van der Waals surface area contributed by atoms with Crippen molar-refractivity contribution >= 4 is 5.82 Å². The van der Waals surface area contributed by atoms with E-state index in [-0.39, 0.29) is 0 Å². The Kier molecular flexibility index (Phi) is 3.77. The maximum atomic E-state index is 5.74. The molecule has 0 aliphatic heterocycles. The van der Waals surface area contributed by atoms with Crippen LogP contribution < -0.4 is 10.5 Å². The highest BCUT2D eigenvalue weighted by molar-refractivity contribution is 5.33. The number of hydrogen-bond donors (Lipinski definition) is 1. The van der Waals surface area contributed by atoms with Crippen molar-refractivity contribution in [2.45, 2.75) is 26.9 Å². The van der Waals surface area contributed by atoms with Gasteiger partial charge in [0.1, 0.15) is 18.2 Å². The maximum Gasteiger partial charge on any atom is 0.168 e. The molecule has 2 aromatic rings. The minimum atomic E-state index is 0.336. The number of ether oxygens (including phenoxy) is 1. The molecule has 0 saturated carbocycles. The van der Waals surface area contributed by atoms with Crippen LogP contribution in [0.25, 0.3) is 0 Å². The molecule has 0 bridgehead atoms. The van der Waals surface area contributed by atoms with E-state index in [9.17, 15) is 0 Å². The quantitative estimate of drug-likeness (QED) is 0.896. The second-order valence-corrected chi connectivity index (χ2v) is 4.10. The van der Waals surface area contributed by atoms with Gasteiger partial charge in [-0.3, -0.25) is 0 Å². The first-order chi connectivity index (χ1) is 8.69. The molecular formula is C14H17N3O. The standard InChI is InChI=1S/C14H17N3O/c1-3-11-6-4-5-7-12(11)18-9-14-16-10(2)8-13(15)17-14/h4-8H,3,9H2,1-2H3,(H2,15,16,17). The minimum absolute atomic E-state index is 0.336. The van der Waals surface area contributed by atoms with Gasteiger partial charge in [0.2, 0.25) is 0 Å². The zero-order chi connectivity index (χ0) is 13.0. The number of nitrogen functional groups attached to an aromatic ring is 1. The Morgan fingerprint density at radius 1 is 1.22 bits per heavy atom. The van der Waals surface area contributed by atoms with Gasteiger partial charge in [-0.05, 0) is 25.0 Å². The average Bonchev–Trinajstić information content (AvgIpc) is 2.35. The van der Waals surface area contributed by atoms with Crippen LogP contribution in [-0.2, 0) is 13.0 Å². The molecule has 1 heterocycles. The summed E-state index contributed by atoms with van der Waals surface area (Å²) >= 11 is 0. The van der Waals surface area contributed by atoms with E-state index in [2.05, 4.69) is 23.0 Å².